The third kappa shape index (κ3) is 5.00. The van der Waals surface area contributed by atoms with Crippen molar-refractivity contribution in [3.63, 3.8) is 0 Å². The van der Waals surface area contributed by atoms with Crippen LogP contribution in [0.5, 0.6) is 0 Å². The average Bonchev–Trinajstić information content (AvgIpc) is 2.80. The predicted octanol–water partition coefficient (Wildman–Crippen LogP) is 4.46. The Bertz CT molecular complexity index is 1020. The van der Waals surface area contributed by atoms with E-state index in [1.165, 1.54) is 6.07 Å². The van der Waals surface area contributed by atoms with Crippen molar-refractivity contribution in [3.05, 3.63) is 90.0 Å². The van der Waals surface area contributed by atoms with Crippen LogP contribution in [-0.4, -0.2) is 35.9 Å². The predicted molar refractivity (Wildman–Crippen MR) is 121 cm³/mol. The summed E-state index contributed by atoms with van der Waals surface area (Å²) in [5.74, 6) is -0.143. The van der Waals surface area contributed by atoms with E-state index in [1.807, 2.05) is 18.2 Å². The molecule has 160 valence electrons. The number of piperidine rings is 1. The zero-order valence-electron chi connectivity index (χ0n) is 17.9. The minimum atomic E-state index is -0.488. The largest absolute Gasteiger partial charge is 0.359 e. The molecule has 1 fully saturated rings. The molecule has 1 N–H and O–H groups in total. The van der Waals surface area contributed by atoms with Crippen LogP contribution in [0, 0.1) is 11.2 Å². The third-order valence-electron chi connectivity index (χ3n) is 6.17. The second-order valence-corrected chi connectivity index (χ2v) is 8.41. The SMILES string of the molecule is CNC(=O)C1(Cc2ccc(-c3ccncc3)cc2)CCCN(Cc2cccc(F)c2)C1. The molecule has 4 nitrogen and oxygen atoms in total. The van der Waals surface area contributed by atoms with Crippen LogP contribution in [0.1, 0.15) is 24.0 Å². The number of aromatic nitrogens is 1. The number of likely N-dealkylation sites (tertiary alicyclic amines) is 1. The molecule has 1 saturated heterocycles. The Morgan fingerprint density at radius 3 is 2.52 bits per heavy atom. The van der Waals surface area contributed by atoms with E-state index in [9.17, 15) is 9.18 Å². The summed E-state index contributed by atoms with van der Waals surface area (Å²) in [5.41, 5.74) is 3.86. The Labute approximate surface area is 183 Å². The molecule has 0 bridgehead atoms. The number of nitrogens with zero attached hydrogens (tertiary/aromatic N) is 2. The van der Waals surface area contributed by atoms with Gasteiger partial charge in [0.05, 0.1) is 5.41 Å². The van der Waals surface area contributed by atoms with Gasteiger partial charge in [-0.15, -0.1) is 0 Å². The highest BCUT2D eigenvalue weighted by atomic mass is 19.1. The van der Waals surface area contributed by atoms with Crippen LogP contribution in [0.2, 0.25) is 0 Å². The van der Waals surface area contributed by atoms with Gasteiger partial charge in [0.15, 0.2) is 0 Å². The number of benzene rings is 2. The van der Waals surface area contributed by atoms with E-state index in [4.69, 9.17) is 0 Å². The first-order valence-corrected chi connectivity index (χ1v) is 10.8. The van der Waals surface area contributed by atoms with Crippen molar-refractivity contribution in [3.8, 4) is 11.1 Å². The summed E-state index contributed by atoms with van der Waals surface area (Å²) in [5, 5.41) is 2.89. The maximum absolute atomic E-state index is 13.6. The Balaban J connectivity index is 1.53. The van der Waals surface area contributed by atoms with Crippen molar-refractivity contribution in [1.29, 1.82) is 0 Å². The average molecular weight is 418 g/mol. The summed E-state index contributed by atoms with van der Waals surface area (Å²) in [6.07, 6.45) is 6.05. The number of amides is 1. The van der Waals surface area contributed by atoms with Crippen molar-refractivity contribution in [2.45, 2.75) is 25.8 Å². The van der Waals surface area contributed by atoms with Crippen LogP contribution < -0.4 is 5.32 Å². The smallest absolute Gasteiger partial charge is 0.227 e. The molecule has 1 amide bonds. The van der Waals surface area contributed by atoms with Crippen LogP contribution >= 0.6 is 0 Å². The first-order chi connectivity index (χ1) is 15.1. The van der Waals surface area contributed by atoms with E-state index in [-0.39, 0.29) is 11.7 Å². The van der Waals surface area contributed by atoms with E-state index in [1.54, 1.807) is 31.6 Å². The number of carbonyl (C=O) groups is 1. The number of hydrogen-bond acceptors (Lipinski definition) is 3. The highest BCUT2D eigenvalue weighted by Gasteiger charge is 2.41. The van der Waals surface area contributed by atoms with E-state index in [0.29, 0.717) is 19.5 Å². The molecule has 1 atom stereocenters. The van der Waals surface area contributed by atoms with Gasteiger partial charge in [-0.1, -0.05) is 36.4 Å². The van der Waals surface area contributed by atoms with Gasteiger partial charge in [-0.3, -0.25) is 14.7 Å². The van der Waals surface area contributed by atoms with Gasteiger partial charge in [0.25, 0.3) is 0 Å². The summed E-state index contributed by atoms with van der Waals surface area (Å²) >= 11 is 0. The fraction of sp³-hybridized carbons (Fsp3) is 0.308. The molecule has 5 heteroatoms. The van der Waals surface area contributed by atoms with Crippen molar-refractivity contribution in [2.75, 3.05) is 20.1 Å². The highest BCUT2D eigenvalue weighted by molar-refractivity contribution is 5.83. The first-order valence-electron chi connectivity index (χ1n) is 10.8. The Hall–Kier alpha value is -3.05. The monoisotopic (exact) mass is 417 g/mol. The molecule has 1 aliphatic heterocycles. The molecule has 31 heavy (non-hydrogen) atoms. The number of carbonyl (C=O) groups excluding carboxylic acids is 1. The van der Waals surface area contributed by atoms with Gasteiger partial charge in [-0.2, -0.15) is 0 Å². The number of pyridine rings is 1. The molecule has 0 saturated carbocycles. The third-order valence-corrected chi connectivity index (χ3v) is 6.17. The van der Waals surface area contributed by atoms with Gasteiger partial charge >= 0.3 is 0 Å². The van der Waals surface area contributed by atoms with Crippen LogP contribution in [0.15, 0.2) is 73.1 Å². The lowest BCUT2D eigenvalue weighted by molar-refractivity contribution is -0.134. The molecular weight excluding hydrogens is 389 g/mol. The van der Waals surface area contributed by atoms with Gasteiger partial charge < -0.3 is 5.32 Å². The van der Waals surface area contributed by atoms with Crippen molar-refractivity contribution in [2.24, 2.45) is 5.41 Å². The summed E-state index contributed by atoms with van der Waals surface area (Å²) in [4.78, 5) is 19.4. The normalized spacial score (nSPS) is 19.2. The van der Waals surface area contributed by atoms with Crippen molar-refractivity contribution in [1.82, 2.24) is 15.2 Å². The van der Waals surface area contributed by atoms with E-state index < -0.39 is 5.41 Å². The number of nitrogens with one attached hydrogen (secondary N) is 1. The van der Waals surface area contributed by atoms with Gasteiger partial charge in [0.1, 0.15) is 5.82 Å². The molecule has 4 rings (SSSR count). The molecule has 0 aliphatic carbocycles. The van der Waals surface area contributed by atoms with E-state index in [2.05, 4.69) is 39.5 Å². The van der Waals surface area contributed by atoms with Gasteiger partial charge in [-0.05, 0) is 72.3 Å². The molecule has 3 aromatic rings. The van der Waals surface area contributed by atoms with Gasteiger partial charge in [0.2, 0.25) is 5.91 Å². The number of rotatable bonds is 6. The minimum Gasteiger partial charge on any atom is -0.359 e. The number of hydrogen-bond donors (Lipinski definition) is 1. The standard InChI is InChI=1S/C26H28FN3O/c1-28-25(31)26(12-3-15-30(19-26)18-21-4-2-5-24(27)16-21)17-20-6-8-22(9-7-20)23-10-13-29-14-11-23/h2,4-11,13-14,16H,3,12,15,17-19H2,1H3,(H,28,31). The molecule has 1 unspecified atom stereocenters. The zero-order valence-corrected chi connectivity index (χ0v) is 17.9. The fourth-order valence-electron chi connectivity index (χ4n) is 4.68. The summed E-state index contributed by atoms with van der Waals surface area (Å²) in [6, 6.07) is 19.2. The maximum atomic E-state index is 13.6. The second-order valence-electron chi connectivity index (χ2n) is 8.41. The molecule has 1 aliphatic rings. The Morgan fingerprint density at radius 1 is 1.06 bits per heavy atom. The lowest BCUT2D eigenvalue weighted by Crippen LogP contribution is -2.52. The second kappa shape index (κ2) is 9.40. The molecule has 1 aromatic heterocycles. The van der Waals surface area contributed by atoms with Crippen LogP contribution in [0.3, 0.4) is 0 Å². The first kappa shape index (κ1) is 21.2. The van der Waals surface area contributed by atoms with E-state index in [0.717, 1.165) is 41.6 Å². The topological polar surface area (TPSA) is 45.2 Å². The lowest BCUT2D eigenvalue weighted by atomic mass is 9.74. The molecule has 2 aromatic carbocycles. The van der Waals surface area contributed by atoms with Crippen LogP contribution in [0.4, 0.5) is 4.39 Å². The summed E-state index contributed by atoms with van der Waals surface area (Å²) in [7, 11) is 1.71. The lowest BCUT2D eigenvalue weighted by Gasteiger charge is -2.41. The summed E-state index contributed by atoms with van der Waals surface area (Å²) < 4.78 is 13.6. The molecule has 2 heterocycles. The number of halogens is 1. The van der Waals surface area contributed by atoms with Gasteiger partial charge in [0, 0.05) is 32.5 Å². The zero-order chi connectivity index (χ0) is 21.7. The van der Waals surface area contributed by atoms with Crippen LogP contribution in [-0.2, 0) is 17.8 Å². The van der Waals surface area contributed by atoms with Crippen molar-refractivity contribution >= 4 is 5.91 Å². The Kier molecular flexibility index (Phi) is 6.42. The molecule has 0 spiro atoms. The van der Waals surface area contributed by atoms with Crippen molar-refractivity contribution < 1.29 is 9.18 Å². The Morgan fingerprint density at radius 2 is 1.81 bits per heavy atom. The van der Waals surface area contributed by atoms with E-state index >= 15 is 0 Å². The maximum Gasteiger partial charge on any atom is 0.227 e. The minimum absolute atomic E-state index is 0.0784. The molecule has 0 radical (unpaired) electrons. The quantitative estimate of drug-likeness (QED) is 0.644. The summed E-state index contributed by atoms with van der Waals surface area (Å²) in [6.45, 7) is 2.23. The van der Waals surface area contributed by atoms with Gasteiger partial charge in [-0.25, -0.2) is 4.39 Å². The van der Waals surface area contributed by atoms with Crippen LogP contribution in [0.25, 0.3) is 11.1 Å². The molecular formula is C26H28FN3O. The fourth-order valence-corrected chi connectivity index (χ4v) is 4.68. The highest BCUT2D eigenvalue weighted by Crippen LogP contribution is 2.35.